The molecule has 0 aliphatic carbocycles. The molecule has 1 N–H and O–H groups in total. The number of aromatic nitrogens is 4. The van der Waals surface area contributed by atoms with Gasteiger partial charge in [0.25, 0.3) is 0 Å². The fourth-order valence-electron chi connectivity index (χ4n) is 3.91. The molecule has 152 valence electrons. The van der Waals surface area contributed by atoms with Gasteiger partial charge in [0.1, 0.15) is 6.10 Å². The number of hydrogen-bond donors (Lipinski definition) is 1. The first-order chi connectivity index (χ1) is 14.6. The predicted octanol–water partition coefficient (Wildman–Crippen LogP) is 1.94. The highest BCUT2D eigenvalue weighted by atomic mass is 16.6. The van der Waals surface area contributed by atoms with Gasteiger partial charge in [-0.2, -0.15) is 0 Å². The van der Waals surface area contributed by atoms with Crippen molar-refractivity contribution in [2.24, 2.45) is 0 Å². The number of carbonyl (C=O) groups is 2. The molecule has 4 heterocycles. The summed E-state index contributed by atoms with van der Waals surface area (Å²) in [6.07, 6.45) is 4.37. The molecule has 0 bridgehead atoms. The van der Waals surface area contributed by atoms with Gasteiger partial charge in [0.2, 0.25) is 0 Å². The number of nitrogens with zero attached hydrogens (tertiary/aromatic N) is 5. The third-order valence-electron chi connectivity index (χ3n) is 5.35. The number of methoxy groups -OCH3 is 1. The fourth-order valence-corrected chi connectivity index (χ4v) is 3.91. The minimum atomic E-state index is -0.552. The Balaban J connectivity index is 1.37. The van der Waals surface area contributed by atoms with Crippen LogP contribution in [0.15, 0.2) is 48.9 Å². The maximum Gasteiger partial charge on any atom is 0.415 e. The normalized spacial score (nSPS) is 19.2. The van der Waals surface area contributed by atoms with Crippen LogP contribution in [0.1, 0.15) is 5.56 Å². The number of ether oxygens (including phenoxy) is 2. The van der Waals surface area contributed by atoms with Gasteiger partial charge in [-0.1, -0.05) is 11.3 Å². The molecule has 10 nitrogen and oxygen atoms in total. The van der Waals surface area contributed by atoms with Crippen molar-refractivity contribution in [3.8, 4) is 16.9 Å². The standard InChI is InChI=1S/C20H18N6O4/c1-29-19(27)22-11-17-16-9-14-8-12(2-4-15(14)26(16)20(28)30-17)13-3-5-18(21-10-13)25-7-6-23-24-25/h2-8,10,16-17H,9,11H2,1H3,(H,22,27)/t16-,17-/m0/s1. The summed E-state index contributed by atoms with van der Waals surface area (Å²) in [6, 6.07) is 9.64. The van der Waals surface area contributed by atoms with Crippen LogP contribution in [-0.4, -0.2) is 58.0 Å². The summed E-state index contributed by atoms with van der Waals surface area (Å²) in [7, 11) is 1.29. The number of rotatable bonds is 4. The van der Waals surface area contributed by atoms with Crippen LogP contribution in [0.4, 0.5) is 15.3 Å². The highest BCUT2D eigenvalue weighted by molar-refractivity contribution is 5.94. The molecule has 2 aliphatic heterocycles. The van der Waals surface area contributed by atoms with Crippen LogP contribution >= 0.6 is 0 Å². The molecule has 0 saturated carbocycles. The Labute approximate surface area is 171 Å². The SMILES string of the molecule is COC(=O)NC[C@@H]1OC(=O)N2c3ccc(-c4ccc(-n5ccnn5)nc4)cc3C[C@@H]12. The third kappa shape index (κ3) is 3.02. The van der Waals surface area contributed by atoms with Crippen LogP contribution in [0.5, 0.6) is 0 Å². The molecule has 2 amide bonds. The Morgan fingerprint density at radius 2 is 2.17 bits per heavy atom. The van der Waals surface area contributed by atoms with E-state index in [1.807, 2.05) is 24.3 Å². The lowest BCUT2D eigenvalue weighted by atomic mass is 10.0. The quantitative estimate of drug-likeness (QED) is 0.705. The van der Waals surface area contributed by atoms with Gasteiger partial charge in [-0.3, -0.25) is 4.90 Å². The first-order valence-corrected chi connectivity index (χ1v) is 9.42. The van der Waals surface area contributed by atoms with E-state index in [1.165, 1.54) is 7.11 Å². The van der Waals surface area contributed by atoms with Gasteiger partial charge in [-0.25, -0.2) is 19.3 Å². The minimum Gasteiger partial charge on any atom is -0.453 e. The fraction of sp³-hybridized carbons (Fsp3) is 0.250. The average molecular weight is 406 g/mol. The summed E-state index contributed by atoms with van der Waals surface area (Å²) in [5.74, 6) is 0.682. The molecule has 10 heteroatoms. The molecule has 0 spiro atoms. The molecule has 1 aromatic carbocycles. The van der Waals surface area contributed by atoms with Crippen molar-refractivity contribution in [2.45, 2.75) is 18.6 Å². The zero-order valence-electron chi connectivity index (χ0n) is 16.1. The maximum absolute atomic E-state index is 12.4. The molecule has 30 heavy (non-hydrogen) atoms. The number of benzene rings is 1. The van der Waals surface area contributed by atoms with E-state index in [9.17, 15) is 9.59 Å². The number of amides is 2. The third-order valence-corrected chi connectivity index (χ3v) is 5.35. The van der Waals surface area contributed by atoms with Crippen LogP contribution in [0, 0.1) is 0 Å². The lowest BCUT2D eigenvalue weighted by Crippen LogP contribution is -2.40. The number of cyclic esters (lactones) is 1. The molecule has 2 atom stereocenters. The first-order valence-electron chi connectivity index (χ1n) is 9.42. The number of carbonyl (C=O) groups excluding carboxylic acids is 2. The lowest BCUT2D eigenvalue weighted by Gasteiger charge is -2.16. The Hall–Kier alpha value is -3.95. The van der Waals surface area contributed by atoms with Crippen molar-refractivity contribution < 1.29 is 19.1 Å². The van der Waals surface area contributed by atoms with Gasteiger partial charge in [0, 0.05) is 11.8 Å². The second-order valence-corrected chi connectivity index (χ2v) is 7.03. The summed E-state index contributed by atoms with van der Waals surface area (Å²) in [5, 5.41) is 10.3. The zero-order valence-corrected chi connectivity index (χ0v) is 16.1. The van der Waals surface area contributed by atoms with Gasteiger partial charge in [-0.05, 0) is 41.8 Å². The molecular weight excluding hydrogens is 388 g/mol. The molecule has 1 saturated heterocycles. The summed E-state index contributed by atoms with van der Waals surface area (Å²) < 4.78 is 11.6. The van der Waals surface area contributed by atoms with E-state index in [1.54, 1.807) is 28.2 Å². The molecule has 2 aromatic heterocycles. The van der Waals surface area contributed by atoms with E-state index in [0.29, 0.717) is 12.2 Å². The zero-order chi connectivity index (χ0) is 20.7. The smallest absolute Gasteiger partial charge is 0.415 e. The van der Waals surface area contributed by atoms with E-state index in [-0.39, 0.29) is 12.6 Å². The van der Waals surface area contributed by atoms with Crippen LogP contribution in [0.2, 0.25) is 0 Å². The summed E-state index contributed by atoms with van der Waals surface area (Å²) in [4.78, 5) is 29.9. The van der Waals surface area contributed by atoms with Crippen molar-refractivity contribution in [1.82, 2.24) is 25.3 Å². The van der Waals surface area contributed by atoms with E-state index < -0.39 is 18.3 Å². The van der Waals surface area contributed by atoms with Gasteiger partial charge in [0.05, 0.1) is 37.8 Å². The van der Waals surface area contributed by atoms with E-state index in [4.69, 9.17) is 4.74 Å². The molecule has 3 aromatic rings. The second kappa shape index (κ2) is 7.14. The van der Waals surface area contributed by atoms with Crippen molar-refractivity contribution >= 4 is 17.9 Å². The van der Waals surface area contributed by atoms with Gasteiger partial charge in [-0.15, -0.1) is 5.10 Å². The molecular formula is C20H18N6O4. The van der Waals surface area contributed by atoms with E-state index in [2.05, 4.69) is 31.4 Å². The van der Waals surface area contributed by atoms with Crippen LogP contribution in [0.3, 0.4) is 0 Å². The van der Waals surface area contributed by atoms with Crippen LogP contribution < -0.4 is 10.2 Å². The Morgan fingerprint density at radius 3 is 2.90 bits per heavy atom. The lowest BCUT2D eigenvalue weighted by molar-refractivity contribution is 0.123. The van der Waals surface area contributed by atoms with Gasteiger partial charge < -0.3 is 14.8 Å². The predicted molar refractivity (Wildman–Crippen MR) is 105 cm³/mol. The number of nitrogens with one attached hydrogen (secondary N) is 1. The van der Waals surface area contributed by atoms with Crippen molar-refractivity contribution in [3.05, 3.63) is 54.5 Å². The number of alkyl carbamates (subject to hydrolysis) is 1. The number of hydrogen-bond acceptors (Lipinski definition) is 7. The Kier molecular flexibility index (Phi) is 4.31. The number of fused-ring (bicyclic) bond motifs is 3. The van der Waals surface area contributed by atoms with Crippen LogP contribution in [0.25, 0.3) is 16.9 Å². The largest absolute Gasteiger partial charge is 0.453 e. The maximum atomic E-state index is 12.4. The monoisotopic (exact) mass is 406 g/mol. The molecule has 1 fully saturated rings. The molecule has 2 aliphatic rings. The van der Waals surface area contributed by atoms with E-state index in [0.717, 1.165) is 22.4 Å². The van der Waals surface area contributed by atoms with Crippen molar-refractivity contribution in [1.29, 1.82) is 0 Å². The van der Waals surface area contributed by atoms with Crippen molar-refractivity contribution in [3.63, 3.8) is 0 Å². The molecule has 5 rings (SSSR count). The average Bonchev–Trinajstić information content (AvgIpc) is 3.49. The van der Waals surface area contributed by atoms with E-state index >= 15 is 0 Å². The number of pyridine rings is 1. The summed E-state index contributed by atoms with van der Waals surface area (Å²) >= 11 is 0. The van der Waals surface area contributed by atoms with Crippen molar-refractivity contribution in [2.75, 3.05) is 18.6 Å². The second-order valence-electron chi connectivity index (χ2n) is 7.03. The highest BCUT2D eigenvalue weighted by Gasteiger charge is 2.47. The topological polar surface area (TPSA) is 111 Å². The number of anilines is 1. The van der Waals surface area contributed by atoms with Crippen LogP contribution in [-0.2, 0) is 15.9 Å². The first kappa shape index (κ1) is 18.1. The van der Waals surface area contributed by atoms with Gasteiger partial charge >= 0.3 is 12.2 Å². The molecule has 0 radical (unpaired) electrons. The summed E-state index contributed by atoms with van der Waals surface area (Å²) in [6.45, 7) is 0.202. The Bertz CT molecular complexity index is 1100. The van der Waals surface area contributed by atoms with Gasteiger partial charge in [0.15, 0.2) is 5.82 Å². The highest BCUT2D eigenvalue weighted by Crippen LogP contribution is 2.40. The molecule has 0 unspecified atom stereocenters. The summed E-state index contributed by atoms with van der Waals surface area (Å²) in [5.41, 5.74) is 3.85. The minimum absolute atomic E-state index is 0.160. The Morgan fingerprint density at radius 1 is 1.30 bits per heavy atom.